The van der Waals surface area contributed by atoms with Crippen molar-refractivity contribution in [2.45, 2.75) is 32.3 Å². The standard InChI is InChI=1S/C19H30N2O2/c1-16-5-4-6-19(11-16)23-15-18(22)14-21-10-7-17(13-21)12-20-8-2-3-9-20/h4-6,11,17-18,22H,2-3,7-10,12-15H2,1H3. The maximum absolute atomic E-state index is 10.2. The van der Waals surface area contributed by atoms with Crippen LogP contribution in [-0.2, 0) is 0 Å². The molecule has 2 saturated heterocycles. The van der Waals surface area contributed by atoms with Crippen molar-refractivity contribution in [1.29, 1.82) is 0 Å². The van der Waals surface area contributed by atoms with Crippen LogP contribution in [0.2, 0.25) is 0 Å². The number of aryl methyl sites for hydroxylation is 1. The van der Waals surface area contributed by atoms with Crippen LogP contribution in [0.5, 0.6) is 5.75 Å². The molecule has 1 N–H and O–H groups in total. The van der Waals surface area contributed by atoms with Gasteiger partial charge in [0, 0.05) is 19.6 Å². The SMILES string of the molecule is Cc1cccc(OCC(O)CN2CCC(CN3CCCC3)C2)c1. The Kier molecular flexibility index (Phi) is 5.92. The van der Waals surface area contributed by atoms with E-state index in [0.717, 1.165) is 31.3 Å². The first-order valence-electron chi connectivity index (χ1n) is 9.01. The fourth-order valence-electron chi connectivity index (χ4n) is 3.81. The van der Waals surface area contributed by atoms with Gasteiger partial charge in [0.15, 0.2) is 0 Å². The van der Waals surface area contributed by atoms with E-state index in [1.165, 1.54) is 44.5 Å². The average Bonchev–Trinajstić information content (AvgIpc) is 3.18. The van der Waals surface area contributed by atoms with E-state index in [-0.39, 0.29) is 0 Å². The lowest BCUT2D eigenvalue weighted by Crippen LogP contribution is -2.35. The highest BCUT2D eigenvalue weighted by atomic mass is 16.5. The van der Waals surface area contributed by atoms with Crippen molar-refractivity contribution < 1.29 is 9.84 Å². The fraction of sp³-hybridized carbons (Fsp3) is 0.684. The molecule has 2 aliphatic rings. The van der Waals surface area contributed by atoms with Crippen molar-refractivity contribution in [3.63, 3.8) is 0 Å². The topological polar surface area (TPSA) is 35.9 Å². The molecule has 23 heavy (non-hydrogen) atoms. The number of β-amino-alcohol motifs (C(OH)–C–C–N with tert-alkyl or cyclic N) is 1. The lowest BCUT2D eigenvalue weighted by molar-refractivity contribution is 0.0741. The first-order valence-corrected chi connectivity index (χ1v) is 9.01. The van der Waals surface area contributed by atoms with Gasteiger partial charge in [0.2, 0.25) is 0 Å². The Hall–Kier alpha value is -1.10. The highest BCUT2D eigenvalue weighted by Gasteiger charge is 2.26. The summed E-state index contributed by atoms with van der Waals surface area (Å²) in [6, 6.07) is 7.99. The minimum absolute atomic E-state index is 0.372. The van der Waals surface area contributed by atoms with E-state index < -0.39 is 6.10 Å². The largest absolute Gasteiger partial charge is 0.491 e. The van der Waals surface area contributed by atoms with Gasteiger partial charge in [0.1, 0.15) is 18.5 Å². The summed E-state index contributed by atoms with van der Waals surface area (Å²) in [7, 11) is 0. The van der Waals surface area contributed by atoms with Gasteiger partial charge in [-0.05, 0) is 69.4 Å². The summed E-state index contributed by atoms with van der Waals surface area (Å²) in [6.45, 7) is 9.18. The van der Waals surface area contributed by atoms with Crippen LogP contribution in [0.15, 0.2) is 24.3 Å². The smallest absolute Gasteiger partial charge is 0.119 e. The van der Waals surface area contributed by atoms with Crippen LogP contribution in [0.25, 0.3) is 0 Å². The molecule has 0 aliphatic carbocycles. The molecule has 0 bridgehead atoms. The van der Waals surface area contributed by atoms with E-state index in [2.05, 4.69) is 9.80 Å². The van der Waals surface area contributed by atoms with Crippen LogP contribution in [0.4, 0.5) is 0 Å². The maximum atomic E-state index is 10.2. The van der Waals surface area contributed by atoms with E-state index in [1.54, 1.807) is 0 Å². The predicted molar refractivity (Wildman–Crippen MR) is 92.9 cm³/mol. The van der Waals surface area contributed by atoms with Gasteiger partial charge in [0.05, 0.1) is 0 Å². The monoisotopic (exact) mass is 318 g/mol. The van der Waals surface area contributed by atoms with Gasteiger partial charge < -0.3 is 19.6 Å². The number of likely N-dealkylation sites (tertiary alicyclic amines) is 2. The molecule has 0 radical (unpaired) electrons. The molecule has 2 heterocycles. The van der Waals surface area contributed by atoms with Gasteiger partial charge >= 0.3 is 0 Å². The van der Waals surface area contributed by atoms with Gasteiger partial charge in [-0.25, -0.2) is 0 Å². The molecule has 128 valence electrons. The average molecular weight is 318 g/mol. The zero-order chi connectivity index (χ0) is 16.1. The minimum atomic E-state index is -0.416. The first kappa shape index (κ1) is 16.7. The summed E-state index contributed by atoms with van der Waals surface area (Å²) in [5.74, 6) is 1.62. The van der Waals surface area contributed by atoms with E-state index >= 15 is 0 Å². The van der Waals surface area contributed by atoms with Crippen LogP contribution in [0.3, 0.4) is 0 Å². The molecule has 4 nitrogen and oxygen atoms in total. The molecule has 0 saturated carbocycles. The lowest BCUT2D eigenvalue weighted by Gasteiger charge is -2.22. The molecule has 3 rings (SSSR count). The Morgan fingerprint density at radius 2 is 2.04 bits per heavy atom. The molecular weight excluding hydrogens is 288 g/mol. The Labute approximate surface area is 140 Å². The van der Waals surface area contributed by atoms with Gasteiger partial charge in [-0.15, -0.1) is 0 Å². The number of hydrogen-bond acceptors (Lipinski definition) is 4. The van der Waals surface area contributed by atoms with Gasteiger partial charge in [-0.2, -0.15) is 0 Å². The number of aliphatic hydroxyl groups excluding tert-OH is 1. The van der Waals surface area contributed by atoms with Crippen LogP contribution in [0.1, 0.15) is 24.8 Å². The van der Waals surface area contributed by atoms with Crippen molar-refractivity contribution in [2.24, 2.45) is 5.92 Å². The number of aliphatic hydroxyl groups is 1. The van der Waals surface area contributed by atoms with Crippen LogP contribution in [-0.4, -0.2) is 66.9 Å². The molecule has 0 aromatic heterocycles. The van der Waals surface area contributed by atoms with Gasteiger partial charge in [-0.3, -0.25) is 0 Å². The summed E-state index contributed by atoms with van der Waals surface area (Å²) in [5, 5.41) is 10.2. The van der Waals surface area contributed by atoms with E-state index in [9.17, 15) is 5.11 Å². The van der Waals surface area contributed by atoms with Crippen LogP contribution < -0.4 is 4.74 Å². The second-order valence-electron chi connectivity index (χ2n) is 7.20. The van der Waals surface area contributed by atoms with Crippen molar-refractivity contribution in [1.82, 2.24) is 9.80 Å². The van der Waals surface area contributed by atoms with Crippen molar-refractivity contribution in [3.8, 4) is 5.75 Å². The Morgan fingerprint density at radius 1 is 1.22 bits per heavy atom. The maximum Gasteiger partial charge on any atom is 0.119 e. The number of rotatable bonds is 7. The van der Waals surface area contributed by atoms with E-state index in [1.807, 2.05) is 31.2 Å². The minimum Gasteiger partial charge on any atom is -0.491 e. The van der Waals surface area contributed by atoms with E-state index in [0.29, 0.717) is 6.61 Å². The second-order valence-corrected chi connectivity index (χ2v) is 7.20. The molecule has 0 amide bonds. The first-order chi connectivity index (χ1) is 11.2. The number of hydrogen-bond donors (Lipinski definition) is 1. The lowest BCUT2D eigenvalue weighted by atomic mass is 10.1. The molecular formula is C19H30N2O2. The molecule has 1 aromatic carbocycles. The third-order valence-electron chi connectivity index (χ3n) is 4.99. The molecule has 4 heteroatoms. The number of benzene rings is 1. The van der Waals surface area contributed by atoms with Crippen molar-refractivity contribution in [3.05, 3.63) is 29.8 Å². The Morgan fingerprint density at radius 3 is 2.83 bits per heavy atom. The van der Waals surface area contributed by atoms with Crippen LogP contribution >= 0.6 is 0 Å². The van der Waals surface area contributed by atoms with Gasteiger partial charge in [0.25, 0.3) is 0 Å². The Bertz CT molecular complexity index is 488. The molecule has 1 aromatic rings. The molecule has 2 fully saturated rings. The molecule has 2 atom stereocenters. The predicted octanol–water partition coefficient (Wildman–Crippen LogP) is 2.15. The quantitative estimate of drug-likeness (QED) is 0.836. The Balaban J connectivity index is 1.36. The third-order valence-corrected chi connectivity index (χ3v) is 4.99. The number of ether oxygens (including phenoxy) is 1. The van der Waals surface area contributed by atoms with Crippen LogP contribution in [0, 0.1) is 12.8 Å². The zero-order valence-electron chi connectivity index (χ0n) is 14.3. The van der Waals surface area contributed by atoms with Gasteiger partial charge in [-0.1, -0.05) is 12.1 Å². The molecule has 0 spiro atoms. The number of nitrogens with zero attached hydrogens (tertiary/aromatic N) is 2. The van der Waals surface area contributed by atoms with E-state index in [4.69, 9.17) is 4.74 Å². The zero-order valence-corrected chi connectivity index (χ0v) is 14.3. The highest BCUT2D eigenvalue weighted by Crippen LogP contribution is 2.20. The summed E-state index contributed by atoms with van der Waals surface area (Å²) >= 11 is 0. The second kappa shape index (κ2) is 8.13. The van der Waals surface area contributed by atoms with Crippen molar-refractivity contribution in [2.75, 3.05) is 45.9 Å². The summed E-state index contributed by atoms with van der Waals surface area (Å²) in [4.78, 5) is 5.00. The normalized spacial score (nSPS) is 24.2. The summed E-state index contributed by atoms with van der Waals surface area (Å²) < 4.78 is 5.71. The summed E-state index contributed by atoms with van der Waals surface area (Å²) in [6.07, 6.45) is 3.58. The summed E-state index contributed by atoms with van der Waals surface area (Å²) in [5.41, 5.74) is 1.18. The molecule has 2 aliphatic heterocycles. The third kappa shape index (κ3) is 5.20. The van der Waals surface area contributed by atoms with Crippen molar-refractivity contribution >= 4 is 0 Å². The highest BCUT2D eigenvalue weighted by molar-refractivity contribution is 5.27. The fourth-order valence-corrected chi connectivity index (χ4v) is 3.81. The molecule has 2 unspecified atom stereocenters.